The van der Waals surface area contributed by atoms with Crippen LogP contribution in [0.5, 0.6) is 0 Å². The van der Waals surface area contributed by atoms with Crippen LogP contribution in [-0.2, 0) is 4.79 Å². The normalized spacial score (nSPS) is 18.0. The van der Waals surface area contributed by atoms with Crippen molar-refractivity contribution in [2.45, 2.75) is 17.4 Å². The van der Waals surface area contributed by atoms with Crippen molar-refractivity contribution >= 4 is 28.4 Å². The van der Waals surface area contributed by atoms with Crippen LogP contribution in [0.3, 0.4) is 0 Å². The summed E-state index contributed by atoms with van der Waals surface area (Å²) in [5.41, 5.74) is 0. The molecule has 2 aromatic rings. The average Bonchev–Trinajstić information content (AvgIpc) is 3.06. The Kier molecular flexibility index (Phi) is 4.46. The summed E-state index contributed by atoms with van der Waals surface area (Å²) in [6, 6.07) is 15.0. The molecule has 0 aliphatic carbocycles. The van der Waals surface area contributed by atoms with Gasteiger partial charge in [-0.05, 0) is 35.9 Å². The van der Waals surface area contributed by atoms with Gasteiger partial charge in [-0.15, -0.1) is 11.8 Å². The van der Waals surface area contributed by atoms with Crippen molar-refractivity contribution in [3.05, 3.63) is 42.5 Å². The summed E-state index contributed by atoms with van der Waals surface area (Å²) in [5.74, 6) is 0.715. The molecule has 1 amide bonds. The number of fused-ring (bicyclic) bond motifs is 1. The second kappa shape index (κ2) is 6.50. The van der Waals surface area contributed by atoms with Crippen molar-refractivity contribution < 1.29 is 4.79 Å². The highest BCUT2D eigenvalue weighted by Gasteiger charge is 2.22. The van der Waals surface area contributed by atoms with E-state index in [1.807, 2.05) is 24.1 Å². The quantitative estimate of drug-likeness (QED) is 0.881. The molecule has 1 aliphatic rings. The fourth-order valence-electron chi connectivity index (χ4n) is 2.68. The molecule has 1 unspecified atom stereocenters. The zero-order valence-electron chi connectivity index (χ0n) is 12.2. The first-order chi connectivity index (χ1) is 10.2. The number of nitrogens with zero attached hydrogens (tertiary/aromatic N) is 1. The zero-order chi connectivity index (χ0) is 14.7. The van der Waals surface area contributed by atoms with Crippen LogP contribution in [0.15, 0.2) is 47.4 Å². The number of hydrogen-bond acceptors (Lipinski definition) is 3. The lowest BCUT2D eigenvalue weighted by Gasteiger charge is -2.23. The Morgan fingerprint density at radius 3 is 2.86 bits per heavy atom. The van der Waals surface area contributed by atoms with Gasteiger partial charge in [-0.25, -0.2) is 0 Å². The van der Waals surface area contributed by atoms with Gasteiger partial charge in [-0.3, -0.25) is 4.79 Å². The molecule has 0 radical (unpaired) electrons. The molecule has 1 heterocycles. The van der Waals surface area contributed by atoms with Crippen LogP contribution in [0.25, 0.3) is 10.8 Å². The number of amides is 1. The van der Waals surface area contributed by atoms with Gasteiger partial charge in [0.15, 0.2) is 0 Å². The number of benzene rings is 2. The Morgan fingerprint density at radius 1 is 1.29 bits per heavy atom. The molecule has 4 heteroatoms. The third-order valence-electron chi connectivity index (χ3n) is 4.06. The van der Waals surface area contributed by atoms with E-state index in [2.05, 4.69) is 35.6 Å². The Hall–Kier alpha value is -1.52. The molecule has 110 valence electrons. The van der Waals surface area contributed by atoms with E-state index in [1.54, 1.807) is 11.8 Å². The molecule has 3 nitrogen and oxygen atoms in total. The number of nitrogens with one attached hydrogen (secondary N) is 1. The monoisotopic (exact) mass is 300 g/mol. The first kappa shape index (κ1) is 14.4. The molecule has 1 fully saturated rings. The summed E-state index contributed by atoms with van der Waals surface area (Å²) in [6.45, 7) is 1.93. The maximum Gasteiger partial charge on any atom is 0.232 e. The van der Waals surface area contributed by atoms with Crippen molar-refractivity contribution in [3.8, 4) is 0 Å². The molecular formula is C17H20N2OS. The van der Waals surface area contributed by atoms with Crippen LogP contribution >= 0.6 is 11.8 Å². The van der Waals surface area contributed by atoms with Gasteiger partial charge in [-0.1, -0.05) is 30.3 Å². The number of carbonyl (C=O) groups is 1. The Labute approximate surface area is 129 Å². The zero-order valence-corrected chi connectivity index (χ0v) is 13.0. The van der Waals surface area contributed by atoms with Crippen LogP contribution in [0, 0.1) is 0 Å². The van der Waals surface area contributed by atoms with Crippen molar-refractivity contribution in [1.29, 1.82) is 0 Å². The molecule has 2 aromatic carbocycles. The van der Waals surface area contributed by atoms with Gasteiger partial charge in [0.2, 0.25) is 5.91 Å². The summed E-state index contributed by atoms with van der Waals surface area (Å²) >= 11 is 1.62. The van der Waals surface area contributed by atoms with Gasteiger partial charge in [0, 0.05) is 24.5 Å². The van der Waals surface area contributed by atoms with Gasteiger partial charge in [0.25, 0.3) is 0 Å². The van der Waals surface area contributed by atoms with E-state index in [9.17, 15) is 4.79 Å². The topological polar surface area (TPSA) is 32.3 Å². The summed E-state index contributed by atoms with van der Waals surface area (Å²) < 4.78 is 0. The van der Waals surface area contributed by atoms with E-state index in [4.69, 9.17) is 0 Å². The highest BCUT2D eigenvalue weighted by Crippen LogP contribution is 2.24. The first-order valence-electron chi connectivity index (χ1n) is 7.32. The number of likely N-dealkylation sites (N-methyl/N-ethyl adjacent to an activating group) is 1. The second-order valence-corrected chi connectivity index (χ2v) is 6.50. The minimum absolute atomic E-state index is 0.210. The van der Waals surface area contributed by atoms with E-state index in [1.165, 1.54) is 10.8 Å². The molecular weight excluding hydrogens is 280 g/mol. The minimum Gasteiger partial charge on any atom is -0.341 e. The van der Waals surface area contributed by atoms with E-state index >= 15 is 0 Å². The minimum atomic E-state index is 0.210. The lowest BCUT2D eigenvalue weighted by molar-refractivity contribution is -0.128. The van der Waals surface area contributed by atoms with E-state index < -0.39 is 0 Å². The SMILES string of the molecule is CN(C(=O)CSc1ccc2ccccc2c1)C1CCNC1. The van der Waals surface area contributed by atoms with Gasteiger partial charge >= 0.3 is 0 Å². The van der Waals surface area contributed by atoms with Crippen molar-refractivity contribution in [2.75, 3.05) is 25.9 Å². The Morgan fingerprint density at radius 2 is 2.10 bits per heavy atom. The van der Waals surface area contributed by atoms with E-state index in [0.29, 0.717) is 11.8 Å². The van der Waals surface area contributed by atoms with Crippen molar-refractivity contribution in [3.63, 3.8) is 0 Å². The van der Waals surface area contributed by atoms with Gasteiger partial charge in [0.1, 0.15) is 0 Å². The highest BCUT2D eigenvalue weighted by molar-refractivity contribution is 8.00. The third kappa shape index (κ3) is 3.39. The Balaban J connectivity index is 1.61. The van der Waals surface area contributed by atoms with Crippen LogP contribution < -0.4 is 5.32 Å². The lowest BCUT2D eigenvalue weighted by atomic mass is 10.1. The molecule has 1 N–H and O–H groups in total. The predicted octanol–water partition coefficient (Wildman–Crippen LogP) is 2.75. The lowest BCUT2D eigenvalue weighted by Crippen LogP contribution is -2.39. The molecule has 21 heavy (non-hydrogen) atoms. The largest absolute Gasteiger partial charge is 0.341 e. The fraction of sp³-hybridized carbons (Fsp3) is 0.353. The maximum absolute atomic E-state index is 12.2. The summed E-state index contributed by atoms with van der Waals surface area (Å²) in [5, 5.41) is 5.76. The predicted molar refractivity (Wildman–Crippen MR) is 88.7 cm³/mol. The molecule has 1 atom stereocenters. The van der Waals surface area contributed by atoms with Crippen LogP contribution in [0.4, 0.5) is 0 Å². The molecule has 0 saturated carbocycles. The summed E-state index contributed by atoms with van der Waals surface area (Å²) in [7, 11) is 1.92. The molecule has 0 aromatic heterocycles. The molecule has 0 spiro atoms. The maximum atomic E-state index is 12.2. The van der Waals surface area contributed by atoms with Gasteiger partial charge in [0.05, 0.1) is 5.75 Å². The molecule has 0 bridgehead atoms. The standard InChI is InChI=1S/C17H20N2OS/c1-19(15-8-9-18-11-15)17(20)12-21-16-7-6-13-4-2-3-5-14(13)10-16/h2-7,10,15,18H,8-9,11-12H2,1H3. The number of carbonyl (C=O) groups excluding carboxylic acids is 1. The molecule has 1 aliphatic heterocycles. The van der Waals surface area contributed by atoms with Crippen molar-refractivity contribution in [1.82, 2.24) is 10.2 Å². The fourth-order valence-corrected chi connectivity index (χ4v) is 3.55. The van der Waals surface area contributed by atoms with Gasteiger partial charge in [-0.2, -0.15) is 0 Å². The van der Waals surface area contributed by atoms with Crippen LogP contribution in [0.1, 0.15) is 6.42 Å². The summed E-state index contributed by atoms with van der Waals surface area (Å²) in [4.78, 5) is 15.3. The smallest absolute Gasteiger partial charge is 0.232 e. The second-order valence-electron chi connectivity index (χ2n) is 5.45. The highest BCUT2D eigenvalue weighted by atomic mass is 32.2. The first-order valence-corrected chi connectivity index (χ1v) is 8.30. The number of hydrogen-bond donors (Lipinski definition) is 1. The molecule has 3 rings (SSSR count). The summed E-state index contributed by atoms with van der Waals surface area (Å²) in [6.07, 6.45) is 1.06. The number of rotatable bonds is 4. The van der Waals surface area contributed by atoms with E-state index in [0.717, 1.165) is 24.4 Å². The molecule has 1 saturated heterocycles. The van der Waals surface area contributed by atoms with E-state index in [-0.39, 0.29) is 5.91 Å². The van der Waals surface area contributed by atoms with Crippen LogP contribution in [0.2, 0.25) is 0 Å². The Bertz CT molecular complexity index is 637. The third-order valence-corrected chi connectivity index (χ3v) is 5.04. The van der Waals surface area contributed by atoms with Crippen LogP contribution in [-0.4, -0.2) is 42.7 Å². The average molecular weight is 300 g/mol. The van der Waals surface area contributed by atoms with Gasteiger partial charge < -0.3 is 10.2 Å². The van der Waals surface area contributed by atoms with Crippen molar-refractivity contribution in [2.24, 2.45) is 0 Å². The number of thioether (sulfide) groups is 1.